The summed E-state index contributed by atoms with van der Waals surface area (Å²) in [5.74, 6) is -1.59. The average Bonchev–Trinajstić information content (AvgIpc) is 2.59. The Hall–Kier alpha value is -3.15. The van der Waals surface area contributed by atoms with Gasteiger partial charge in [-0.05, 0) is 47.4 Å². The first-order chi connectivity index (χ1) is 12.2. The monoisotopic (exact) mass is 354 g/mol. The SMILES string of the molecule is CC(C)(C)c1ccc(C(=O)OCC(=O)Nc2ccc(C(N)=O)cc2)cc1. The molecule has 0 fully saturated rings. The third-order valence-electron chi connectivity index (χ3n) is 3.77. The Morgan fingerprint density at radius 2 is 1.46 bits per heavy atom. The molecule has 0 saturated carbocycles. The maximum atomic E-state index is 12.0. The second-order valence-electron chi connectivity index (χ2n) is 6.89. The molecule has 0 aliphatic carbocycles. The predicted molar refractivity (Wildman–Crippen MR) is 99.0 cm³/mol. The van der Waals surface area contributed by atoms with Gasteiger partial charge in [-0.2, -0.15) is 0 Å². The number of nitrogens with two attached hydrogens (primary N) is 1. The van der Waals surface area contributed by atoms with Crippen LogP contribution in [0.3, 0.4) is 0 Å². The molecule has 0 aliphatic rings. The number of ether oxygens (including phenoxy) is 1. The molecule has 6 heteroatoms. The first-order valence-electron chi connectivity index (χ1n) is 8.14. The van der Waals surface area contributed by atoms with Gasteiger partial charge in [-0.1, -0.05) is 32.9 Å². The van der Waals surface area contributed by atoms with Gasteiger partial charge in [-0.15, -0.1) is 0 Å². The van der Waals surface area contributed by atoms with E-state index >= 15 is 0 Å². The van der Waals surface area contributed by atoms with Crippen molar-refractivity contribution < 1.29 is 19.1 Å². The predicted octanol–water partition coefficient (Wildman–Crippen LogP) is 2.88. The Kier molecular flexibility index (Phi) is 5.77. The van der Waals surface area contributed by atoms with Crippen molar-refractivity contribution in [2.45, 2.75) is 26.2 Å². The lowest BCUT2D eigenvalue weighted by Gasteiger charge is -2.18. The van der Waals surface area contributed by atoms with Crippen molar-refractivity contribution in [1.29, 1.82) is 0 Å². The summed E-state index contributed by atoms with van der Waals surface area (Å²) in [6.45, 7) is 5.85. The van der Waals surface area contributed by atoms with Crippen LogP contribution in [0.1, 0.15) is 47.1 Å². The molecule has 0 bridgehead atoms. The van der Waals surface area contributed by atoms with E-state index in [0.717, 1.165) is 5.56 Å². The lowest BCUT2D eigenvalue weighted by atomic mass is 9.87. The third kappa shape index (κ3) is 5.17. The number of amides is 2. The Morgan fingerprint density at radius 3 is 1.96 bits per heavy atom. The van der Waals surface area contributed by atoms with Crippen molar-refractivity contribution in [2.75, 3.05) is 11.9 Å². The van der Waals surface area contributed by atoms with Crippen LogP contribution >= 0.6 is 0 Å². The van der Waals surface area contributed by atoms with Crippen molar-refractivity contribution in [3.05, 3.63) is 65.2 Å². The van der Waals surface area contributed by atoms with E-state index < -0.39 is 24.4 Å². The fourth-order valence-electron chi connectivity index (χ4n) is 2.24. The zero-order valence-electron chi connectivity index (χ0n) is 15.0. The zero-order chi connectivity index (χ0) is 19.3. The standard InChI is InChI=1S/C20H22N2O4/c1-20(2,3)15-8-4-14(5-9-15)19(25)26-12-17(23)22-16-10-6-13(7-11-16)18(21)24/h4-11H,12H2,1-3H3,(H2,21,24)(H,22,23). The summed E-state index contributed by atoms with van der Waals surface area (Å²) >= 11 is 0. The van der Waals surface area contributed by atoms with Crippen LogP contribution in [0, 0.1) is 0 Å². The molecule has 6 nitrogen and oxygen atoms in total. The largest absolute Gasteiger partial charge is 0.452 e. The number of carbonyl (C=O) groups excluding carboxylic acids is 3. The van der Waals surface area contributed by atoms with Crippen LogP contribution < -0.4 is 11.1 Å². The van der Waals surface area contributed by atoms with Gasteiger partial charge in [0.25, 0.3) is 5.91 Å². The molecule has 0 aliphatic heterocycles. The maximum Gasteiger partial charge on any atom is 0.338 e. The van der Waals surface area contributed by atoms with Crippen LogP contribution in [0.15, 0.2) is 48.5 Å². The number of anilines is 1. The second-order valence-corrected chi connectivity index (χ2v) is 6.89. The highest BCUT2D eigenvalue weighted by Crippen LogP contribution is 2.22. The molecule has 0 unspecified atom stereocenters. The molecule has 3 N–H and O–H groups in total. The topological polar surface area (TPSA) is 98.5 Å². The van der Waals surface area contributed by atoms with E-state index in [1.54, 1.807) is 24.3 Å². The summed E-state index contributed by atoms with van der Waals surface area (Å²) in [5, 5.41) is 2.58. The summed E-state index contributed by atoms with van der Waals surface area (Å²) in [6, 6.07) is 13.2. The fourth-order valence-corrected chi connectivity index (χ4v) is 2.24. The Bertz CT molecular complexity index is 803. The van der Waals surface area contributed by atoms with Gasteiger partial charge in [0.05, 0.1) is 5.56 Å². The van der Waals surface area contributed by atoms with Crippen LogP contribution in [0.2, 0.25) is 0 Å². The summed E-state index contributed by atoms with van der Waals surface area (Å²) in [4.78, 5) is 34.9. The van der Waals surface area contributed by atoms with Crippen molar-refractivity contribution in [2.24, 2.45) is 5.73 Å². The molecule has 2 aromatic carbocycles. The molecule has 2 amide bonds. The normalized spacial score (nSPS) is 10.9. The number of hydrogen-bond donors (Lipinski definition) is 2. The van der Waals surface area contributed by atoms with Gasteiger partial charge < -0.3 is 15.8 Å². The number of hydrogen-bond acceptors (Lipinski definition) is 4. The third-order valence-corrected chi connectivity index (χ3v) is 3.77. The summed E-state index contributed by atoms with van der Waals surface area (Å²) < 4.78 is 5.02. The molecule has 2 rings (SSSR count). The highest BCUT2D eigenvalue weighted by Gasteiger charge is 2.15. The first kappa shape index (κ1) is 19.2. The minimum atomic E-state index is -0.565. The average molecular weight is 354 g/mol. The molecule has 26 heavy (non-hydrogen) atoms. The van der Waals surface area contributed by atoms with Crippen LogP contribution in [0.5, 0.6) is 0 Å². The highest BCUT2D eigenvalue weighted by molar-refractivity contribution is 5.96. The van der Waals surface area contributed by atoms with Crippen molar-refractivity contribution >= 4 is 23.5 Å². The van der Waals surface area contributed by atoms with Crippen LogP contribution in [0.25, 0.3) is 0 Å². The number of primary amides is 1. The minimum absolute atomic E-state index is 0.00756. The summed E-state index contributed by atoms with van der Waals surface area (Å²) in [7, 11) is 0. The van der Waals surface area contributed by atoms with E-state index in [9.17, 15) is 14.4 Å². The smallest absolute Gasteiger partial charge is 0.338 e. The lowest BCUT2D eigenvalue weighted by Crippen LogP contribution is -2.21. The fraction of sp³-hybridized carbons (Fsp3) is 0.250. The summed E-state index contributed by atoms with van der Waals surface area (Å²) in [5.41, 5.74) is 7.45. The number of carbonyl (C=O) groups is 3. The first-order valence-corrected chi connectivity index (χ1v) is 8.14. The van der Waals surface area contributed by atoms with E-state index in [4.69, 9.17) is 10.5 Å². The number of rotatable bonds is 5. The molecule has 0 heterocycles. The number of benzene rings is 2. The molecule has 0 spiro atoms. The molecule has 0 atom stereocenters. The van der Waals surface area contributed by atoms with Crippen LogP contribution in [-0.4, -0.2) is 24.4 Å². The highest BCUT2D eigenvalue weighted by atomic mass is 16.5. The van der Waals surface area contributed by atoms with Crippen molar-refractivity contribution in [3.63, 3.8) is 0 Å². The van der Waals surface area contributed by atoms with Gasteiger partial charge in [0.15, 0.2) is 6.61 Å². The van der Waals surface area contributed by atoms with E-state index in [2.05, 4.69) is 26.1 Å². The molecule has 0 aromatic heterocycles. The Labute approximate surface area is 152 Å². The zero-order valence-corrected chi connectivity index (χ0v) is 15.0. The summed E-state index contributed by atoms with van der Waals surface area (Å²) in [6.07, 6.45) is 0. The van der Waals surface area contributed by atoms with E-state index in [-0.39, 0.29) is 5.41 Å². The maximum absolute atomic E-state index is 12.0. The van der Waals surface area contributed by atoms with Gasteiger partial charge in [0.1, 0.15) is 0 Å². The molecule has 0 radical (unpaired) electrons. The van der Waals surface area contributed by atoms with Crippen LogP contribution in [0.4, 0.5) is 5.69 Å². The quantitative estimate of drug-likeness (QED) is 0.807. The Balaban J connectivity index is 1.88. The Morgan fingerprint density at radius 1 is 0.923 bits per heavy atom. The van der Waals surface area contributed by atoms with Gasteiger partial charge in [0, 0.05) is 11.3 Å². The van der Waals surface area contributed by atoms with Crippen LogP contribution in [-0.2, 0) is 14.9 Å². The van der Waals surface area contributed by atoms with Gasteiger partial charge >= 0.3 is 5.97 Å². The van der Waals surface area contributed by atoms with Gasteiger partial charge in [-0.25, -0.2) is 4.79 Å². The van der Waals surface area contributed by atoms with E-state index in [1.807, 2.05) is 12.1 Å². The minimum Gasteiger partial charge on any atom is -0.452 e. The molecule has 2 aromatic rings. The van der Waals surface area contributed by atoms with Crippen molar-refractivity contribution in [1.82, 2.24) is 0 Å². The lowest BCUT2D eigenvalue weighted by molar-refractivity contribution is -0.119. The molecular formula is C20H22N2O4. The van der Waals surface area contributed by atoms with E-state index in [1.165, 1.54) is 12.1 Å². The number of nitrogens with one attached hydrogen (secondary N) is 1. The van der Waals surface area contributed by atoms with Crippen molar-refractivity contribution in [3.8, 4) is 0 Å². The van der Waals surface area contributed by atoms with Gasteiger partial charge in [0.2, 0.25) is 5.91 Å². The van der Waals surface area contributed by atoms with E-state index in [0.29, 0.717) is 16.8 Å². The molecule has 0 saturated heterocycles. The second kappa shape index (κ2) is 7.82. The van der Waals surface area contributed by atoms with Gasteiger partial charge in [-0.3, -0.25) is 9.59 Å². The molecular weight excluding hydrogens is 332 g/mol. The molecule has 136 valence electrons. The number of esters is 1.